The number of hydrogen-bond donors (Lipinski definition) is 1. The minimum Gasteiger partial charge on any atom is -0.494 e. The van der Waals surface area contributed by atoms with Crippen LogP contribution in [0.25, 0.3) is 0 Å². The van der Waals surface area contributed by atoms with E-state index in [1.54, 1.807) is 7.05 Å². The molecule has 0 aromatic heterocycles. The van der Waals surface area contributed by atoms with Crippen molar-refractivity contribution in [2.75, 3.05) is 26.7 Å². The fourth-order valence-corrected chi connectivity index (χ4v) is 7.65. The maximum atomic E-state index is 13.2. The number of amides is 1. The Labute approximate surface area is 198 Å². The maximum Gasteiger partial charge on any atom is 0.230 e. The number of benzene rings is 1. The lowest BCUT2D eigenvalue weighted by atomic mass is 9.55. The molecule has 1 aliphatic heterocycles. The number of fused-ring (bicyclic) bond motifs is 5. The zero-order chi connectivity index (χ0) is 23.2. The third-order valence-electron chi connectivity index (χ3n) is 9.57. The highest BCUT2D eigenvalue weighted by Gasteiger charge is 2.59. The molecule has 0 bridgehead atoms. The van der Waals surface area contributed by atoms with Gasteiger partial charge in [-0.3, -0.25) is 9.59 Å². The van der Waals surface area contributed by atoms with Crippen LogP contribution in [-0.2, 0) is 16.0 Å². The number of Topliss-reactive ketones (excluding diaryl/α,β-unsaturated/α-hetero) is 1. The van der Waals surface area contributed by atoms with Crippen molar-refractivity contribution in [1.29, 1.82) is 0 Å². The summed E-state index contributed by atoms with van der Waals surface area (Å²) in [5, 5.41) is 2.72. The second-order valence-corrected chi connectivity index (χ2v) is 11.2. The van der Waals surface area contributed by atoms with E-state index in [0.29, 0.717) is 17.8 Å². The first-order valence-corrected chi connectivity index (χ1v) is 13.2. The van der Waals surface area contributed by atoms with Crippen LogP contribution in [0.5, 0.6) is 5.75 Å². The van der Waals surface area contributed by atoms with Crippen molar-refractivity contribution in [1.82, 2.24) is 10.2 Å². The molecule has 6 atom stereocenters. The third kappa shape index (κ3) is 4.00. The molecule has 33 heavy (non-hydrogen) atoms. The Morgan fingerprint density at radius 2 is 2.12 bits per heavy atom. The number of nitrogens with one attached hydrogen (secondary N) is 1. The highest BCUT2D eigenvalue weighted by molar-refractivity contribution is 6.05. The number of carbonyl (C=O) groups excluding carboxylic acids is 2. The quantitative estimate of drug-likeness (QED) is 0.515. The average Bonchev–Trinajstić information content (AvgIpc) is 3.35. The summed E-state index contributed by atoms with van der Waals surface area (Å²) in [5.41, 5.74) is 2.56. The molecule has 5 heteroatoms. The number of nitrogens with zero attached hydrogens (tertiary/aromatic N) is 1. The number of carbonyl (C=O) groups is 2. The summed E-state index contributed by atoms with van der Waals surface area (Å²) in [6, 6.07) is 7.44. The molecule has 3 fully saturated rings. The van der Waals surface area contributed by atoms with Crippen LogP contribution in [-0.4, -0.2) is 49.4 Å². The largest absolute Gasteiger partial charge is 0.494 e. The van der Waals surface area contributed by atoms with Gasteiger partial charge in [-0.2, -0.15) is 0 Å². The zero-order valence-corrected chi connectivity index (χ0v) is 20.6. The predicted octanol–water partition coefficient (Wildman–Crippen LogP) is 4.34. The van der Waals surface area contributed by atoms with E-state index in [4.69, 9.17) is 4.74 Å². The lowest BCUT2D eigenvalue weighted by Crippen LogP contribution is -2.43. The van der Waals surface area contributed by atoms with Gasteiger partial charge in [0.05, 0.1) is 12.5 Å². The van der Waals surface area contributed by atoms with E-state index in [-0.39, 0.29) is 17.1 Å². The number of ketones is 1. The van der Waals surface area contributed by atoms with E-state index in [2.05, 4.69) is 42.3 Å². The maximum absolute atomic E-state index is 13.2. The summed E-state index contributed by atoms with van der Waals surface area (Å²) < 4.78 is 6.14. The molecule has 0 radical (unpaired) electrons. The second-order valence-electron chi connectivity index (χ2n) is 11.2. The van der Waals surface area contributed by atoms with Crippen molar-refractivity contribution >= 4 is 11.7 Å². The Morgan fingerprint density at radius 1 is 1.27 bits per heavy atom. The fourth-order valence-electron chi connectivity index (χ4n) is 7.65. The van der Waals surface area contributed by atoms with Crippen LogP contribution in [0, 0.1) is 23.2 Å². The number of hydrogen-bond acceptors (Lipinski definition) is 4. The Balaban J connectivity index is 1.23. The van der Waals surface area contributed by atoms with Gasteiger partial charge in [-0.15, -0.1) is 0 Å². The first kappa shape index (κ1) is 22.9. The molecule has 1 N–H and O–H groups in total. The highest BCUT2D eigenvalue weighted by Crippen LogP contribution is 2.60. The molecule has 4 aliphatic rings. The van der Waals surface area contributed by atoms with Crippen molar-refractivity contribution in [2.45, 2.75) is 77.2 Å². The summed E-state index contributed by atoms with van der Waals surface area (Å²) in [4.78, 5) is 28.1. The summed E-state index contributed by atoms with van der Waals surface area (Å²) in [6.45, 7) is 7.61. The molecule has 0 unspecified atom stereocenters. The number of aryl methyl sites for hydroxylation is 1. The Hall–Kier alpha value is -1.88. The number of ether oxygens (including phenoxy) is 1. The Bertz CT molecular complexity index is 914. The standard InChI is InChI=1S/C28H40N2O3/c1-18-6-4-13-30(18)14-5-15-33-20-8-10-21-19(16-20)7-9-23-22(21)11-12-28(2)25(23)17-24(26(28)31)27(32)29-3/h8,10,16,18,22-25H,4-7,9,11-15,17H2,1-3H3,(H,29,32)/t18-,22-,23-,24+,25+,28+/m1/s1. The van der Waals surface area contributed by atoms with Crippen LogP contribution in [0.3, 0.4) is 0 Å². The van der Waals surface area contributed by atoms with Gasteiger partial charge >= 0.3 is 0 Å². The predicted molar refractivity (Wildman–Crippen MR) is 129 cm³/mol. The van der Waals surface area contributed by atoms with E-state index >= 15 is 0 Å². The van der Waals surface area contributed by atoms with Gasteiger partial charge in [0.25, 0.3) is 0 Å². The highest BCUT2D eigenvalue weighted by atomic mass is 16.5. The van der Waals surface area contributed by atoms with Crippen LogP contribution in [0.1, 0.15) is 75.8 Å². The minimum absolute atomic E-state index is 0.0932. The molecule has 5 nitrogen and oxygen atoms in total. The van der Waals surface area contributed by atoms with E-state index in [9.17, 15) is 9.59 Å². The van der Waals surface area contributed by atoms with E-state index in [1.165, 1.54) is 30.5 Å². The van der Waals surface area contributed by atoms with Gasteiger partial charge in [0.15, 0.2) is 5.78 Å². The molecule has 2 saturated carbocycles. The van der Waals surface area contributed by atoms with Crippen molar-refractivity contribution in [3.05, 3.63) is 29.3 Å². The lowest BCUT2D eigenvalue weighted by molar-refractivity contribution is -0.137. The molecule has 1 aromatic rings. The summed E-state index contributed by atoms with van der Waals surface area (Å²) in [6.07, 6.45) is 8.56. The van der Waals surface area contributed by atoms with Crippen LogP contribution in [0.2, 0.25) is 0 Å². The van der Waals surface area contributed by atoms with Crippen molar-refractivity contribution in [2.24, 2.45) is 23.2 Å². The summed E-state index contributed by atoms with van der Waals surface area (Å²) >= 11 is 0. The molecule has 5 rings (SSSR count). The second kappa shape index (κ2) is 9.05. The molecule has 0 spiro atoms. The van der Waals surface area contributed by atoms with Gasteiger partial charge in [-0.1, -0.05) is 13.0 Å². The smallest absolute Gasteiger partial charge is 0.230 e. The van der Waals surface area contributed by atoms with E-state index < -0.39 is 5.92 Å². The average molecular weight is 453 g/mol. The van der Waals surface area contributed by atoms with Gasteiger partial charge in [0.2, 0.25) is 5.91 Å². The molecular formula is C28H40N2O3. The number of rotatable bonds is 6. The minimum atomic E-state index is -0.454. The lowest BCUT2D eigenvalue weighted by Gasteiger charge is -2.48. The Morgan fingerprint density at radius 3 is 2.88 bits per heavy atom. The van der Waals surface area contributed by atoms with Gasteiger partial charge < -0.3 is 15.0 Å². The molecule has 180 valence electrons. The molecule has 1 heterocycles. The molecule has 1 aromatic carbocycles. The SMILES string of the molecule is CNC(=O)[C@H]1C[C@H]2[C@@H]3CCc4cc(OCCCN5CCC[C@H]5C)ccc4[C@H]3CC[C@]2(C)C1=O. The molecule has 3 aliphatic carbocycles. The van der Waals surface area contributed by atoms with Gasteiger partial charge in [0, 0.05) is 25.0 Å². The van der Waals surface area contributed by atoms with Gasteiger partial charge in [0.1, 0.15) is 5.75 Å². The first-order valence-electron chi connectivity index (χ1n) is 13.2. The van der Waals surface area contributed by atoms with Gasteiger partial charge in [-0.25, -0.2) is 0 Å². The van der Waals surface area contributed by atoms with E-state index in [1.807, 2.05) is 0 Å². The monoisotopic (exact) mass is 452 g/mol. The fraction of sp³-hybridized carbons (Fsp3) is 0.714. The normalized spacial score (nSPS) is 35.6. The van der Waals surface area contributed by atoms with Gasteiger partial charge in [-0.05, 0) is 106 Å². The molecular weight excluding hydrogens is 412 g/mol. The van der Waals surface area contributed by atoms with E-state index in [0.717, 1.165) is 63.5 Å². The summed E-state index contributed by atoms with van der Waals surface area (Å²) in [7, 11) is 1.65. The summed E-state index contributed by atoms with van der Waals surface area (Å²) in [5.74, 6) is 1.97. The first-order chi connectivity index (χ1) is 15.9. The molecule has 1 saturated heterocycles. The zero-order valence-electron chi connectivity index (χ0n) is 20.6. The van der Waals surface area contributed by atoms with Crippen molar-refractivity contribution < 1.29 is 14.3 Å². The van der Waals surface area contributed by atoms with Crippen LogP contribution >= 0.6 is 0 Å². The number of likely N-dealkylation sites (tertiary alicyclic amines) is 1. The van der Waals surface area contributed by atoms with Crippen LogP contribution in [0.4, 0.5) is 0 Å². The Kier molecular flexibility index (Phi) is 6.28. The van der Waals surface area contributed by atoms with Crippen LogP contribution in [0.15, 0.2) is 18.2 Å². The third-order valence-corrected chi connectivity index (χ3v) is 9.57. The topological polar surface area (TPSA) is 58.6 Å². The van der Waals surface area contributed by atoms with Crippen molar-refractivity contribution in [3.8, 4) is 5.75 Å². The van der Waals surface area contributed by atoms with Crippen molar-refractivity contribution in [3.63, 3.8) is 0 Å². The van der Waals surface area contributed by atoms with Crippen LogP contribution < -0.4 is 10.1 Å². The molecule has 1 amide bonds.